The van der Waals surface area contributed by atoms with E-state index in [1.165, 1.54) is 0 Å². The third-order valence-electron chi connectivity index (χ3n) is 2.68. The number of hydrogen-bond donors (Lipinski definition) is 0. The predicted octanol–water partition coefficient (Wildman–Crippen LogP) is 2.45. The number of amides is 1. The lowest BCUT2D eigenvalue weighted by molar-refractivity contribution is 0.0793. The van der Waals surface area contributed by atoms with E-state index in [4.69, 9.17) is 11.6 Å². The van der Waals surface area contributed by atoms with Gasteiger partial charge in [-0.15, -0.1) is 11.6 Å². The lowest BCUT2D eigenvalue weighted by Gasteiger charge is -2.15. The predicted molar refractivity (Wildman–Crippen MR) is 61.3 cm³/mol. The van der Waals surface area contributed by atoms with Crippen molar-refractivity contribution in [2.24, 2.45) is 0 Å². The van der Waals surface area contributed by atoms with Crippen LogP contribution in [0.4, 0.5) is 0 Å². The van der Waals surface area contributed by atoms with Crippen LogP contribution in [0.15, 0.2) is 24.3 Å². The SMILES string of the molecule is Cc1cccc(C(=O)N2CCC(Cl)C2)c1. The molecule has 0 spiro atoms. The van der Waals surface area contributed by atoms with Crippen LogP contribution in [0.5, 0.6) is 0 Å². The van der Waals surface area contributed by atoms with Gasteiger partial charge in [0.1, 0.15) is 0 Å². The number of rotatable bonds is 1. The Balaban J connectivity index is 2.14. The second kappa shape index (κ2) is 4.23. The molecule has 3 heteroatoms. The zero-order valence-electron chi connectivity index (χ0n) is 8.74. The highest BCUT2D eigenvalue weighted by Crippen LogP contribution is 2.17. The van der Waals surface area contributed by atoms with Gasteiger partial charge >= 0.3 is 0 Å². The summed E-state index contributed by atoms with van der Waals surface area (Å²) in [6, 6.07) is 7.68. The fourth-order valence-corrected chi connectivity index (χ4v) is 2.13. The Morgan fingerprint density at radius 3 is 2.93 bits per heavy atom. The number of carbonyl (C=O) groups excluding carboxylic acids is 1. The fraction of sp³-hybridized carbons (Fsp3) is 0.417. The second-order valence-electron chi connectivity index (χ2n) is 4.01. The molecule has 1 aliphatic heterocycles. The van der Waals surface area contributed by atoms with Crippen molar-refractivity contribution in [2.75, 3.05) is 13.1 Å². The van der Waals surface area contributed by atoms with Gasteiger partial charge in [0.25, 0.3) is 5.91 Å². The topological polar surface area (TPSA) is 20.3 Å². The fourth-order valence-electron chi connectivity index (χ4n) is 1.86. The Morgan fingerprint density at radius 2 is 2.33 bits per heavy atom. The van der Waals surface area contributed by atoms with Crippen LogP contribution in [0.3, 0.4) is 0 Å². The van der Waals surface area contributed by atoms with E-state index in [9.17, 15) is 4.79 Å². The van der Waals surface area contributed by atoms with E-state index in [1.54, 1.807) is 0 Å². The normalized spacial score (nSPS) is 20.7. The van der Waals surface area contributed by atoms with Crippen LogP contribution in [0.1, 0.15) is 22.3 Å². The van der Waals surface area contributed by atoms with Crippen LogP contribution in [-0.4, -0.2) is 29.3 Å². The van der Waals surface area contributed by atoms with Gasteiger partial charge < -0.3 is 4.90 Å². The number of likely N-dealkylation sites (tertiary alicyclic amines) is 1. The van der Waals surface area contributed by atoms with Gasteiger partial charge in [-0.1, -0.05) is 17.7 Å². The second-order valence-corrected chi connectivity index (χ2v) is 4.62. The molecule has 1 heterocycles. The molecule has 2 nitrogen and oxygen atoms in total. The van der Waals surface area contributed by atoms with Gasteiger partial charge in [-0.3, -0.25) is 4.79 Å². The Labute approximate surface area is 94.8 Å². The smallest absolute Gasteiger partial charge is 0.253 e. The number of nitrogens with zero attached hydrogens (tertiary/aromatic N) is 1. The molecule has 1 saturated heterocycles. The molecule has 1 amide bonds. The molecule has 1 atom stereocenters. The Morgan fingerprint density at radius 1 is 1.53 bits per heavy atom. The molecule has 1 aromatic carbocycles. The first-order valence-electron chi connectivity index (χ1n) is 5.17. The Bertz CT molecular complexity index is 378. The number of hydrogen-bond acceptors (Lipinski definition) is 1. The van der Waals surface area contributed by atoms with Crippen LogP contribution in [0.25, 0.3) is 0 Å². The monoisotopic (exact) mass is 223 g/mol. The molecule has 1 fully saturated rings. The van der Waals surface area contributed by atoms with Crippen LogP contribution >= 0.6 is 11.6 Å². The van der Waals surface area contributed by atoms with Crippen molar-refractivity contribution in [1.82, 2.24) is 4.90 Å². The summed E-state index contributed by atoms with van der Waals surface area (Å²) < 4.78 is 0. The van der Waals surface area contributed by atoms with E-state index >= 15 is 0 Å². The van der Waals surface area contributed by atoms with Gasteiger partial charge in [-0.05, 0) is 25.5 Å². The maximum Gasteiger partial charge on any atom is 0.253 e. The van der Waals surface area contributed by atoms with Gasteiger partial charge in [0.15, 0.2) is 0 Å². The molecule has 0 radical (unpaired) electrons. The lowest BCUT2D eigenvalue weighted by Crippen LogP contribution is -2.28. The van der Waals surface area contributed by atoms with E-state index < -0.39 is 0 Å². The minimum atomic E-state index is 0.0989. The molecule has 15 heavy (non-hydrogen) atoms. The molecule has 0 aromatic heterocycles. The number of aryl methyl sites for hydroxylation is 1. The van der Waals surface area contributed by atoms with Crippen molar-refractivity contribution in [3.05, 3.63) is 35.4 Å². The van der Waals surface area contributed by atoms with Crippen molar-refractivity contribution in [1.29, 1.82) is 0 Å². The maximum atomic E-state index is 12.0. The first-order valence-corrected chi connectivity index (χ1v) is 5.60. The Kier molecular flexibility index (Phi) is 2.96. The molecule has 0 saturated carbocycles. The number of halogens is 1. The van der Waals surface area contributed by atoms with Gasteiger partial charge in [0.2, 0.25) is 0 Å². The number of benzene rings is 1. The summed E-state index contributed by atoms with van der Waals surface area (Å²) in [5, 5.41) is 0.124. The van der Waals surface area contributed by atoms with E-state index in [0.717, 1.165) is 24.1 Å². The highest BCUT2D eigenvalue weighted by Gasteiger charge is 2.25. The van der Waals surface area contributed by atoms with Gasteiger partial charge in [-0.2, -0.15) is 0 Å². The molecule has 80 valence electrons. The van der Waals surface area contributed by atoms with Crippen molar-refractivity contribution in [2.45, 2.75) is 18.7 Å². The van der Waals surface area contributed by atoms with Gasteiger partial charge in [-0.25, -0.2) is 0 Å². The van der Waals surface area contributed by atoms with Crippen LogP contribution in [0, 0.1) is 6.92 Å². The molecule has 0 bridgehead atoms. The average molecular weight is 224 g/mol. The molecule has 1 aliphatic rings. The third-order valence-corrected chi connectivity index (χ3v) is 3.04. The standard InChI is InChI=1S/C12H14ClNO/c1-9-3-2-4-10(7-9)12(15)14-6-5-11(13)8-14/h2-4,7,11H,5-6,8H2,1H3. The first kappa shape index (κ1) is 10.5. The summed E-state index contributed by atoms with van der Waals surface area (Å²) in [6.45, 7) is 3.44. The summed E-state index contributed by atoms with van der Waals surface area (Å²) in [6.07, 6.45) is 0.902. The molecule has 0 aliphatic carbocycles. The van der Waals surface area contributed by atoms with Crippen molar-refractivity contribution >= 4 is 17.5 Å². The summed E-state index contributed by atoms with van der Waals surface area (Å²) in [4.78, 5) is 13.8. The largest absolute Gasteiger partial charge is 0.337 e. The van der Waals surface area contributed by atoms with Crippen molar-refractivity contribution in [3.63, 3.8) is 0 Å². The average Bonchev–Trinajstić information content (AvgIpc) is 2.64. The zero-order valence-corrected chi connectivity index (χ0v) is 9.50. The zero-order chi connectivity index (χ0) is 10.8. The third kappa shape index (κ3) is 2.32. The van der Waals surface area contributed by atoms with Crippen LogP contribution in [-0.2, 0) is 0 Å². The maximum absolute atomic E-state index is 12.0. The highest BCUT2D eigenvalue weighted by atomic mass is 35.5. The molecule has 0 N–H and O–H groups in total. The van der Waals surface area contributed by atoms with Crippen molar-refractivity contribution < 1.29 is 4.79 Å². The first-order chi connectivity index (χ1) is 7.16. The van der Waals surface area contributed by atoms with E-state index in [-0.39, 0.29) is 11.3 Å². The van der Waals surface area contributed by atoms with Crippen molar-refractivity contribution in [3.8, 4) is 0 Å². The molecular formula is C12H14ClNO. The summed E-state index contributed by atoms with van der Waals surface area (Å²) >= 11 is 5.98. The minimum Gasteiger partial charge on any atom is -0.337 e. The van der Waals surface area contributed by atoms with Gasteiger partial charge in [0, 0.05) is 18.7 Å². The Hall–Kier alpha value is -1.02. The van der Waals surface area contributed by atoms with Gasteiger partial charge in [0.05, 0.1) is 5.38 Å². The molecule has 1 unspecified atom stereocenters. The summed E-state index contributed by atoms with van der Waals surface area (Å²) in [5.74, 6) is 0.0989. The van der Waals surface area contributed by atoms with Crippen LogP contribution < -0.4 is 0 Å². The number of alkyl halides is 1. The molecular weight excluding hydrogens is 210 g/mol. The molecule has 1 aromatic rings. The summed E-state index contributed by atoms with van der Waals surface area (Å²) in [7, 11) is 0. The minimum absolute atomic E-state index is 0.0989. The summed E-state index contributed by atoms with van der Waals surface area (Å²) in [5.41, 5.74) is 1.88. The number of carbonyl (C=O) groups is 1. The lowest BCUT2D eigenvalue weighted by atomic mass is 10.1. The van der Waals surface area contributed by atoms with E-state index in [2.05, 4.69) is 0 Å². The highest BCUT2D eigenvalue weighted by molar-refractivity contribution is 6.21. The quantitative estimate of drug-likeness (QED) is 0.670. The van der Waals surface area contributed by atoms with Crippen LogP contribution in [0.2, 0.25) is 0 Å². The molecule has 2 rings (SSSR count). The van der Waals surface area contributed by atoms with E-state index in [0.29, 0.717) is 6.54 Å². The van der Waals surface area contributed by atoms with E-state index in [1.807, 2.05) is 36.1 Å².